The lowest BCUT2D eigenvalue weighted by Crippen LogP contribution is -2.50. The van der Waals surface area contributed by atoms with Crippen molar-refractivity contribution < 1.29 is 29.1 Å². The number of carbonyl (C=O) groups excluding carboxylic acids is 2. The Labute approximate surface area is 242 Å². The van der Waals surface area contributed by atoms with E-state index in [-0.39, 0.29) is 36.8 Å². The number of amidine groups is 1. The number of carboxylic acids is 1. The van der Waals surface area contributed by atoms with E-state index in [1.54, 1.807) is 54.7 Å². The fraction of sp³-hybridized carbons (Fsp3) is 0.276. The van der Waals surface area contributed by atoms with Crippen LogP contribution >= 0.6 is 11.6 Å². The summed E-state index contributed by atoms with van der Waals surface area (Å²) in [7, 11) is 1.53. The zero-order valence-corrected chi connectivity index (χ0v) is 23.3. The number of pyridine rings is 1. The van der Waals surface area contributed by atoms with Crippen molar-refractivity contribution in [1.29, 1.82) is 0 Å². The van der Waals surface area contributed by atoms with Crippen molar-refractivity contribution in [2.75, 3.05) is 20.2 Å². The topological polar surface area (TPSA) is 142 Å². The number of aromatic nitrogens is 1. The number of ether oxygens (including phenoxy) is 1. The number of aromatic carboxylic acids is 1. The predicted molar refractivity (Wildman–Crippen MR) is 152 cm³/mol. The molecule has 1 aromatic heterocycles. The van der Waals surface area contributed by atoms with E-state index in [1.807, 2.05) is 6.92 Å². The third-order valence-corrected chi connectivity index (χ3v) is 6.79. The average Bonchev–Trinajstić information content (AvgIpc) is 3.14. The number of carbonyl (C=O) groups is 3. The number of hydrogen-bond donors (Lipinski definition) is 3. The van der Waals surface area contributed by atoms with E-state index < -0.39 is 29.9 Å². The Kier molecular flexibility index (Phi) is 9.75. The molecule has 2 aromatic carbocycles. The number of hydroxylamine groups is 1. The van der Waals surface area contributed by atoms with Crippen LogP contribution in [0.3, 0.4) is 0 Å². The highest BCUT2D eigenvalue weighted by atomic mass is 35.5. The molecule has 0 saturated carbocycles. The molecule has 4 rings (SSSR count). The summed E-state index contributed by atoms with van der Waals surface area (Å²) in [6.07, 6.45) is 2.31. The number of imide groups is 1. The first kappa shape index (κ1) is 29.3. The van der Waals surface area contributed by atoms with Gasteiger partial charge in [0, 0.05) is 17.3 Å². The molecule has 0 aliphatic carbocycles. The maximum absolute atomic E-state index is 13.8. The fourth-order valence-corrected chi connectivity index (χ4v) is 4.58. The van der Waals surface area contributed by atoms with Crippen molar-refractivity contribution in [3.8, 4) is 11.6 Å². The van der Waals surface area contributed by atoms with Gasteiger partial charge in [-0.3, -0.25) is 14.7 Å². The van der Waals surface area contributed by atoms with E-state index in [4.69, 9.17) is 21.2 Å². The molecule has 1 unspecified atom stereocenters. The molecule has 214 valence electrons. The van der Waals surface area contributed by atoms with Crippen LogP contribution in [-0.2, 0) is 11.2 Å². The number of methoxy groups -OCH3 is 1. The largest absolute Gasteiger partial charge is 0.496 e. The number of aliphatic imine (C=N–C) groups is 1. The summed E-state index contributed by atoms with van der Waals surface area (Å²) in [4.78, 5) is 53.9. The summed E-state index contributed by atoms with van der Waals surface area (Å²) < 4.78 is 5.46. The predicted octanol–water partition coefficient (Wildman–Crippen LogP) is 4.29. The fourth-order valence-electron chi connectivity index (χ4n) is 4.38. The van der Waals surface area contributed by atoms with E-state index in [9.17, 15) is 19.5 Å². The van der Waals surface area contributed by atoms with Gasteiger partial charge in [0.25, 0.3) is 0 Å². The second-order valence-electron chi connectivity index (χ2n) is 9.28. The Morgan fingerprint density at radius 3 is 2.61 bits per heavy atom. The molecule has 0 bridgehead atoms. The van der Waals surface area contributed by atoms with Crippen LogP contribution in [-0.4, -0.2) is 58.9 Å². The third-order valence-electron chi connectivity index (χ3n) is 6.56. The monoisotopic (exact) mass is 579 g/mol. The average molecular weight is 580 g/mol. The molecule has 0 spiro atoms. The van der Waals surface area contributed by atoms with Crippen LogP contribution in [0.25, 0.3) is 0 Å². The van der Waals surface area contributed by atoms with Crippen LogP contribution in [0.2, 0.25) is 5.02 Å². The highest BCUT2D eigenvalue weighted by Crippen LogP contribution is 2.27. The first-order valence-corrected chi connectivity index (χ1v) is 13.3. The molecule has 12 heteroatoms. The highest BCUT2D eigenvalue weighted by Gasteiger charge is 2.34. The van der Waals surface area contributed by atoms with Crippen molar-refractivity contribution in [3.63, 3.8) is 0 Å². The molecular formula is C29H30ClN5O6. The molecule has 3 amide bonds. The standard InChI is InChI=1S/C29H30ClN5O6/c1-3-23(18-7-9-19(10-8-18)28(37)38)33-29(39)35-17-25(34-41-26-6-4-5-13-31-26)32-16-21(27(35)36)14-20-15-22(30)11-12-24(20)40-2/h4-13,15,21,23H,3,14,16-17H2,1-2H3,(H,32,34)(H,33,39)(H,37,38)/t21?,23-/m1/s1. The van der Waals surface area contributed by atoms with Gasteiger partial charge in [-0.2, -0.15) is 0 Å². The summed E-state index contributed by atoms with van der Waals surface area (Å²) in [6.45, 7) is 1.79. The highest BCUT2D eigenvalue weighted by molar-refractivity contribution is 6.30. The van der Waals surface area contributed by atoms with Crippen LogP contribution in [0.1, 0.15) is 40.9 Å². The van der Waals surface area contributed by atoms with Gasteiger partial charge in [0.15, 0.2) is 5.84 Å². The first-order valence-electron chi connectivity index (χ1n) is 12.9. The Hall–Kier alpha value is -4.64. The third kappa shape index (κ3) is 7.52. The Balaban J connectivity index is 1.58. The molecule has 1 aliphatic rings. The number of hydrogen-bond acceptors (Lipinski definition) is 8. The van der Waals surface area contributed by atoms with Crippen molar-refractivity contribution >= 4 is 35.3 Å². The molecule has 0 fully saturated rings. The maximum atomic E-state index is 13.8. The van der Waals surface area contributed by atoms with Gasteiger partial charge in [-0.1, -0.05) is 36.7 Å². The Bertz CT molecular complexity index is 1420. The SMILES string of the molecule is CC[C@@H](NC(=O)N1CC(NOc2ccccn2)=NCC(Cc2cc(Cl)ccc2OC)C1=O)c1ccc(C(=O)O)cc1. The van der Waals surface area contributed by atoms with Gasteiger partial charge in [-0.15, -0.1) is 0 Å². The molecule has 0 radical (unpaired) electrons. The second-order valence-corrected chi connectivity index (χ2v) is 9.72. The van der Waals surface area contributed by atoms with Gasteiger partial charge in [-0.25, -0.2) is 20.1 Å². The molecule has 0 saturated heterocycles. The number of halogens is 1. The van der Waals surface area contributed by atoms with E-state index in [0.29, 0.717) is 28.3 Å². The van der Waals surface area contributed by atoms with Crippen LogP contribution in [0.4, 0.5) is 4.79 Å². The molecule has 2 atom stereocenters. The molecule has 1 aliphatic heterocycles. The number of benzene rings is 2. The van der Waals surface area contributed by atoms with Crippen molar-refractivity contribution in [3.05, 3.63) is 88.6 Å². The summed E-state index contributed by atoms with van der Waals surface area (Å²) >= 11 is 6.21. The lowest BCUT2D eigenvalue weighted by Gasteiger charge is -2.26. The molecule has 41 heavy (non-hydrogen) atoms. The number of rotatable bonds is 9. The number of nitrogens with one attached hydrogen (secondary N) is 2. The van der Waals surface area contributed by atoms with E-state index >= 15 is 0 Å². The van der Waals surface area contributed by atoms with Crippen LogP contribution < -0.4 is 20.4 Å². The van der Waals surface area contributed by atoms with E-state index in [0.717, 1.165) is 4.90 Å². The number of carboxylic acid groups (broad SMARTS) is 1. The van der Waals surface area contributed by atoms with Gasteiger partial charge in [0.1, 0.15) is 5.75 Å². The molecule has 11 nitrogen and oxygen atoms in total. The summed E-state index contributed by atoms with van der Waals surface area (Å²) in [5, 5.41) is 12.6. The second kappa shape index (κ2) is 13.6. The molecule has 3 aromatic rings. The van der Waals surface area contributed by atoms with Gasteiger partial charge in [0.05, 0.1) is 37.7 Å². The number of nitrogens with zero attached hydrogens (tertiary/aromatic N) is 3. The minimum Gasteiger partial charge on any atom is -0.496 e. The first-order chi connectivity index (χ1) is 19.8. The number of urea groups is 1. The van der Waals surface area contributed by atoms with Gasteiger partial charge in [0.2, 0.25) is 11.8 Å². The van der Waals surface area contributed by atoms with E-state index in [1.165, 1.54) is 19.2 Å². The van der Waals surface area contributed by atoms with Crippen LogP contribution in [0.15, 0.2) is 71.9 Å². The summed E-state index contributed by atoms with van der Waals surface area (Å²) in [5.74, 6) is -1.05. The quantitative estimate of drug-likeness (QED) is 0.319. The zero-order valence-electron chi connectivity index (χ0n) is 22.5. The minimum atomic E-state index is -1.04. The molecular weight excluding hydrogens is 550 g/mol. The minimum absolute atomic E-state index is 0.0834. The van der Waals surface area contributed by atoms with Gasteiger partial charge >= 0.3 is 12.0 Å². The molecule has 3 N–H and O–H groups in total. The maximum Gasteiger partial charge on any atom is 0.335 e. The summed E-state index contributed by atoms with van der Waals surface area (Å²) in [6, 6.07) is 15.4. The lowest BCUT2D eigenvalue weighted by atomic mass is 9.97. The number of amides is 3. The van der Waals surface area contributed by atoms with Gasteiger partial charge in [-0.05, 0) is 60.4 Å². The van der Waals surface area contributed by atoms with Crippen molar-refractivity contribution in [2.45, 2.75) is 25.8 Å². The van der Waals surface area contributed by atoms with Crippen molar-refractivity contribution in [2.24, 2.45) is 10.9 Å². The van der Waals surface area contributed by atoms with Gasteiger partial charge < -0.3 is 20.0 Å². The van der Waals surface area contributed by atoms with E-state index in [2.05, 4.69) is 20.8 Å². The zero-order chi connectivity index (χ0) is 29.4. The molecule has 2 heterocycles. The normalized spacial score (nSPS) is 15.8. The van der Waals surface area contributed by atoms with Crippen LogP contribution in [0, 0.1) is 5.92 Å². The Morgan fingerprint density at radius 2 is 1.95 bits per heavy atom. The smallest absolute Gasteiger partial charge is 0.335 e. The van der Waals surface area contributed by atoms with Crippen LogP contribution in [0.5, 0.6) is 11.6 Å². The summed E-state index contributed by atoms with van der Waals surface area (Å²) in [5.41, 5.74) is 4.28. The Morgan fingerprint density at radius 1 is 1.17 bits per heavy atom. The van der Waals surface area contributed by atoms with Crippen molar-refractivity contribution in [1.82, 2.24) is 20.7 Å². The lowest BCUT2D eigenvalue weighted by molar-refractivity contribution is -0.131.